The monoisotopic (exact) mass is 281 g/mol. The number of nitrogens with two attached hydrogens (primary N) is 1. The number of rotatable bonds is 8. The van der Waals surface area contributed by atoms with Crippen LogP contribution >= 0.6 is 0 Å². The molecule has 0 amide bonds. The van der Waals surface area contributed by atoms with Crippen molar-refractivity contribution in [1.82, 2.24) is 5.32 Å². The molecule has 20 heavy (non-hydrogen) atoms. The van der Waals surface area contributed by atoms with Crippen LogP contribution in [0.2, 0.25) is 0 Å². The number of methoxy groups -OCH3 is 1. The van der Waals surface area contributed by atoms with Crippen LogP contribution in [0.1, 0.15) is 18.9 Å². The lowest BCUT2D eigenvalue weighted by molar-refractivity contribution is 0.145. The molecule has 0 bridgehead atoms. The average Bonchev–Trinajstić information content (AvgIpc) is 2.45. The molecule has 0 saturated carbocycles. The molecular formula is C14H23N3O3. The molecule has 0 aliphatic carbocycles. The maximum absolute atomic E-state index is 9.65. The Kier molecular flexibility index (Phi) is 7.27. The van der Waals surface area contributed by atoms with Crippen LogP contribution in [0.4, 0.5) is 0 Å². The van der Waals surface area contributed by atoms with Gasteiger partial charge in [0.1, 0.15) is 0 Å². The Morgan fingerprint density at radius 2 is 2.25 bits per heavy atom. The molecule has 0 unspecified atom stereocenters. The summed E-state index contributed by atoms with van der Waals surface area (Å²) in [6.07, 6.45) is 0.882. The summed E-state index contributed by atoms with van der Waals surface area (Å²) in [5, 5.41) is 12.7. The number of aromatic hydroxyl groups is 1. The van der Waals surface area contributed by atoms with Crippen LogP contribution in [0.15, 0.2) is 23.2 Å². The van der Waals surface area contributed by atoms with E-state index in [1.54, 1.807) is 12.1 Å². The molecule has 0 radical (unpaired) electrons. The topological polar surface area (TPSA) is 89.1 Å². The Hall–Kier alpha value is -1.95. The first-order chi connectivity index (χ1) is 9.67. The highest BCUT2D eigenvalue weighted by molar-refractivity contribution is 5.77. The summed E-state index contributed by atoms with van der Waals surface area (Å²) in [6.45, 7) is 4.53. The lowest BCUT2D eigenvalue weighted by atomic mass is 10.2. The Morgan fingerprint density at radius 3 is 2.90 bits per heavy atom. The molecule has 112 valence electrons. The van der Waals surface area contributed by atoms with E-state index in [-0.39, 0.29) is 5.75 Å². The van der Waals surface area contributed by atoms with Gasteiger partial charge in [0.25, 0.3) is 0 Å². The van der Waals surface area contributed by atoms with Crippen molar-refractivity contribution in [2.24, 2.45) is 10.7 Å². The molecule has 4 N–H and O–H groups in total. The minimum Gasteiger partial charge on any atom is -0.504 e. The molecule has 0 saturated heterocycles. The molecule has 1 aromatic carbocycles. The number of hydrogen-bond acceptors (Lipinski definition) is 4. The number of phenolic OH excluding ortho intramolecular Hbond substituents is 1. The van der Waals surface area contributed by atoms with Crippen molar-refractivity contribution in [2.45, 2.75) is 19.9 Å². The molecule has 1 rings (SSSR count). The van der Waals surface area contributed by atoms with Gasteiger partial charge in [0.2, 0.25) is 0 Å². The highest BCUT2D eigenvalue weighted by Crippen LogP contribution is 2.26. The fourth-order valence-corrected chi connectivity index (χ4v) is 1.60. The van der Waals surface area contributed by atoms with Crippen molar-refractivity contribution in [3.8, 4) is 11.5 Å². The Morgan fingerprint density at radius 1 is 1.45 bits per heavy atom. The van der Waals surface area contributed by atoms with Crippen molar-refractivity contribution in [1.29, 1.82) is 0 Å². The highest BCUT2D eigenvalue weighted by Gasteiger charge is 2.02. The second kappa shape index (κ2) is 9.03. The lowest BCUT2D eigenvalue weighted by Gasteiger charge is -2.07. The van der Waals surface area contributed by atoms with Gasteiger partial charge in [-0.25, -0.2) is 4.99 Å². The van der Waals surface area contributed by atoms with E-state index >= 15 is 0 Å². The van der Waals surface area contributed by atoms with Crippen LogP contribution in [0.3, 0.4) is 0 Å². The van der Waals surface area contributed by atoms with Gasteiger partial charge < -0.3 is 25.6 Å². The largest absolute Gasteiger partial charge is 0.504 e. The maximum Gasteiger partial charge on any atom is 0.188 e. The van der Waals surface area contributed by atoms with Gasteiger partial charge in [0.05, 0.1) is 13.7 Å². The molecule has 0 spiro atoms. The molecule has 0 aromatic heterocycles. The number of hydrogen-bond donors (Lipinski definition) is 3. The van der Waals surface area contributed by atoms with E-state index in [2.05, 4.69) is 10.3 Å². The van der Waals surface area contributed by atoms with Crippen molar-refractivity contribution >= 4 is 5.96 Å². The lowest BCUT2D eigenvalue weighted by Crippen LogP contribution is -2.32. The fourth-order valence-electron chi connectivity index (χ4n) is 1.60. The van der Waals surface area contributed by atoms with E-state index in [0.29, 0.717) is 24.9 Å². The van der Waals surface area contributed by atoms with E-state index in [1.165, 1.54) is 7.11 Å². The summed E-state index contributed by atoms with van der Waals surface area (Å²) >= 11 is 0. The summed E-state index contributed by atoms with van der Waals surface area (Å²) in [6, 6.07) is 5.15. The maximum atomic E-state index is 9.65. The van der Waals surface area contributed by atoms with E-state index in [9.17, 15) is 5.11 Å². The molecule has 0 fully saturated rings. The Balaban J connectivity index is 2.36. The molecular weight excluding hydrogens is 258 g/mol. The van der Waals surface area contributed by atoms with Gasteiger partial charge in [-0.2, -0.15) is 0 Å². The number of nitrogens with zero attached hydrogens (tertiary/aromatic N) is 1. The molecule has 6 nitrogen and oxygen atoms in total. The van der Waals surface area contributed by atoms with Gasteiger partial charge in [-0.15, -0.1) is 0 Å². The highest BCUT2D eigenvalue weighted by atomic mass is 16.5. The van der Waals surface area contributed by atoms with E-state index in [4.69, 9.17) is 15.2 Å². The number of phenols is 1. The Bertz CT molecular complexity index is 436. The number of ether oxygens (including phenoxy) is 2. The number of nitrogens with one attached hydrogen (secondary N) is 1. The predicted molar refractivity (Wildman–Crippen MR) is 79.1 cm³/mol. The normalized spacial score (nSPS) is 11.4. The number of aliphatic imine (C=N–C) groups is 1. The van der Waals surface area contributed by atoms with Gasteiger partial charge in [-0.05, 0) is 31.0 Å². The number of guanidine groups is 1. The quantitative estimate of drug-likeness (QED) is 0.379. The average molecular weight is 281 g/mol. The Labute approximate surface area is 119 Å². The van der Waals surface area contributed by atoms with Gasteiger partial charge in [0.15, 0.2) is 17.5 Å². The van der Waals surface area contributed by atoms with Crippen LogP contribution in [0.5, 0.6) is 11.5 Å². The first-order valence-electron chi connectivity index (χ1n) is 6.64. The van der Waals surface area contributed by atoms with E-state index < -0.39 is 0 Å². The van der Waals surface area contributed by atoms with Gasteiger partial charge in [-0.1, -0.05) is 6.07 Å². The SMILES string of the molecule is CCOCCCNC(N)=NCc1ccc(OC)c(O)c1. The number of benzene rings is 1. The van der Waals surface area contributed by atoms with Gasteiger partial charge in [-0.3, -0.25) is 0 Å². The summed E-state index contributed by atoms with van der Waals surface area (Å²) < 4.78 is 10.2. The van der Waals surface area contributed by atoms with Crippen molar-refractivity contribution < 1.29 is 14.6 Å². The molecule has 0 heterocycles. The van der Waals surface area contributed by atoms with Crippen LogP contribution in [0, 0.1) is 0 Å². The zero-order valence-electron chi connectivity index (χ0n) is 12.1. The van der Waals surface area contributed by atoms with Crippen molar-refractivity contribution in [2.75, 3.05) is 26.9 Å². The summed E-state index contributed by atoms with van der Waals surface area (Å²) in [5.74, 6) is 0.931. The fraction of sp³-hybridized carbons (Fsp3) is 0.500. The predicted octanol–water partition coefficient (Wildman–Crippen LogP) is 1.23. The summed E-state index contributed by atoms with van der Waals surface area (Å²) in [5.41, 5.74) is 6.60. The minimum absolute atomic E-state index is 0.100. The van der Waals surface area contributed by atoms with Crippen molar-refractivity contribution in [3.63, 3.8) is 0 Å². The molecule has 1 aromatic rings. The second-order valence-corrected chi connectivity index (χ2v) is 4.18. The summed E-state index contributed by atoms with van der Waals surface area (Å²) in [4.78, 5) is 4.20. The zero-order chi connectivity index (χ0) is 14.8. The third-order valence-corrected chi connectivity index (χ3v) is 2.65. The minimum atomic E-state index is 0.100. The zero-order valence-corrected chi connectivity index (χ0v) is 12.1. The molecule has 0 atom stereocenters. The van der Waals surface area contributed by atoms with E-state index in [1.807, 2.05) is 13.0 Å². The smallest absolute Gasteiger partial charge is 0.188 e. The summed E-state index contributed by atoms with van der Waals surface area (Å²) in [7, 11) is 1.51. The first-order valence-corrected chi connectivity index (χ1v) is 6.64. The van der Waals surface area contributed by atoms with Gasteiger partial charge >= 0.3 is 0 Å². The van der Waals surface area contributed by atoms with E-state index in [0.717, 1.165) is 25.1 Å². The third kappa shape index (κ3) is 5.79. The van der Waals surface area contributed by atoms with Crippen LogP contribution in [-0.2, 0) is 11.3 Å². The first kappa shape index (κ1) is 16.1. The molecule has 0 aliphatic rings. The molecule has 0 aliphatic heterocycles. The van der Waals surface area contributed by atoms with Crippen LogP contribution in [-0.4, -0.2) is 37.9 Å². The second-order valence-electron chi connectivity index (χ2n) is 4.18. The third-order valence-electron chi connectivity index (χ3n) is 2.65. The van der Waals surface area contributed by atoms with Crippen molar-refractivity contribution in [3.05, 3.63) is 23.8 Å². The standard InChI is InChI=1S/C14H23N3O3/c1-3-20-8-4-7-16-14(15)17-10-11-5-6-13(19-2)12(18)9-11/h5-6,9,18H,3-4,7-8,10H2,1-2H3,(H3,15,16,17). The van der Waals surface area contributed by atoms with Crippen LogP contribution < -0.4 is 15.8 Å². The van der Waals surface area contributed by atoms with Crippen LogP contribution in [0.25, 0.3) is 0 Å². The molecule has 6 heteroatoms. The van der Waals surface area contributed by atoms with Gasteiger partial charge in [0, 0.05) is 19.8 Å².